The molecule has 3 aromatic heterocycles. The lowest BCUT2D eigenvalue weighted by molar-refractivity contribution is -0.154. The number of alkyl halides is 3. The Morgan fingerprint density at radius 3 is 2.71 bits per heavy atom. The van der Waals surface area contributed by atoms with Gasteiger partial charge in [0, 0.05) is 24.2 Å². The Morgan fingerprint density at radius 2 is 2.06 bits per heavy atom. The minimum atomic E-state index is -4.45. The summed E-state index contributed by atoms with van der Waals surface area (Å²) < 4.78 is 43.2. The first-order valence-corrected chi connectivity index (χ1v) is 9.11. The van der Waals surface area contributed by atoms with Gasteiger partial charge in [0.1, 0.15) is 11.7 Å². The molecule has 3 heterocycles. The van der Waals surface area contributed by atoms with Gasteiger partial charge in [0.25, 0.3) is 5.91 Å². The summed E-state index contributed by atoms with van der Waals surface area (Å²) in [6, 6.07) is 2.40. The Morgan fingerprint density at radius 1 is 1.32 bits per heavy atom. The van der Waals surface area contributed by atoms with E-state index in [9.17, 15) is 22.8 Å². The van der Waals surface area contributed by atoms with Gasteiger partial charge in [-0.2, -0.15) is 18.3 Å². The zero-order valence-corrected chi connectivity index (χ0v) is 16.6. The number of ether oxygens (including phenoxy) is 1. The molecule has 0 radical (unpaired) electrons. The van der Waals surface area contributed by atoms with Crippen LogP contribution in [-0.4, -0.2) is 50.4 Å². The van der Waals surface area contributed by atoms with E-state index in [1.54, 1.807) is 29.9 Å². The molecule has 3 aromatic rings. The number of rotatable bonds is 7. The van der Waals surface area contributed by atoms with Gasteiger partial charge in [0.05, 0.1) is 17.4 Å². The molecular weight excluding hydrogens is 417 g/mol. The van der Waals surface area contributed by atoms with Crippen LogP contribution in [-0.2, 0) is 11.3 Å². The van der Waals surface area contributed by atoms with Gasteiger partial charge in [0.2, 0.25) is 11.8 Å². The van der Waals surface area contributed by atoms with Crippen LogP contribution in [0.3, 0.4) is 0 Å². The number of hydrogen-bond donors (Lipinski definition) is 2. The third-order valence-corrected chi connectivity index (χ3v) is 4.27. The normalized spacial score (nSPS) is 12.5. The summed E-state index contributed by atoms with van der Waals surface area (Å²) in [7, 11) is 0. The second-order valence-corrected chi connectivity index (χ2v) is 6.89. The summed E-state index contributed by atoms with van der Waals surface area (Å²) >= 11 is 0. The molecule has 2 amide bonds. The van der Waals surface area contributed by atoms with E-state index in [4.69, 9.17) is 10.5 Å². The van der Waals surface area contributed by atoms with E-state index < -0.39 is 30.6 Å². The molecule has 9 nitrogen and oxygen atoms in total. The van der Waals surface area contributed by atoms with E-state index in [-0.39, 0.29) is 18.1 Å². The van der Waals surface area contributed by atoms with Crippen LogP contribution in [0.4, 0.5) is 13.2 Å². The smallest absolute Gasteiger partial charge is 0.422 e. The quantitative estimate of drug-likeness (QED) is 0.581. The van der Waals surface area contributed by atoms with Crippen molar-refractivity contribution < 1.29 is 27.5 Å². The molecule has 0 aliphatic heterocycles. The van der Waals surface area contributed by atoms with Crippen molar-refractivity contribution in [3.63, 3.8) is 0 Å². The fraction of sp³-hybridized carbons (Fsp3) is 0.316. The standard InChI is InChI=1S/C19H19F3N6O3/c1-10-5-12(6-25-18(10)31-9-19(20,21)22)7-28-8-13-14(27-28)3-4-24-15(13)17(30)26-11(2)16(23)29/h3-6,8,11H,7,9H2,1-2H3,(H2,23,29)(H,26,30)/t11-/m0/s1. The van der Waals surface area contributed by atoms with Crippen molar-refractivity contribution in [3.8, 4) is 5.88 Å². The van der Waals surface area contributed by atoms with Crippen molar-refractivity contribution in [2.24, 2.45) is 5.73 Å². The average Bonchev–Trinajstić information content (AvgIpc) is 3.08. The lowest BCUT2D eigenvalue weighted by Crippen LogP contribution is -2.42. The summed E-state index contributed by atoms with van der Waals surface area (Å²) in [6.45, 7) is 1.88. The Labute approximate surface area is 174 Å². The number of hydrogen-bond acceptors (Lipinski definition) is 6. The van der Waals surface area contributed by atoms with Crippen LogP contribution in [0, 0.1) is 6.92 Å². The lowest BCUT2D eigenvalue weighted by atomic mass is 10.2. The Kier molecular flexibility index (Phi) is 6.09. The van der Waals surface area contributed by atoms with Crippen molar-refractivity contribution in [2.75, 3.05) is 6.61 Å². The molecule has 0 saturated heterocycles. The van der Waals surface area contributed by atoms with Crippen LogP contribution in [0.15, 0.2) is 30.7 Å². The fourth-order valence-corrected chi connectivity index (χ4v) is 2.79. The molecule has 3 rings (SSSR count). The first-order valence-electron chi connectivity index (χ1n) is 9.11. The van der Waals surface area contributed by atoms with Gasteiger partial charge < -0.3 is 15.8 Å². The van der Waals surface area contributed by atoms with Crippen molar-refractivity contribution in [1.82, 2.24) is 25.1 Å². The summed E-state index contributed by atoms with van der Waals surface area (Å²) in [5.41, 5.74) is 6.87. The number of nitrogens with two attached hydrogens (primary N) is 1. The van der Waals surface area contributed by atoms with Crippen molar-refractivity contribution in [2.45, 2.75) is 32.6 Å². The van der Waals surface area contributed by atoms with Gasteiger partial charge >= 0.3 is 6.18 Å². The van der Waals surface area contributed by atoms with Crippen molar-refractivity contribution in [1.29, 1.82) is 0 Å². The van der Waals surface area contributed by atoms with Gasteiger partial charge in [0.15, 0.2) is 6.61 Å². The number of nitrogens with zero attached hydrogens (tertiary/aromatic N) is 4. The maximum atomic E-state index is 12.4. The highest BCUT2D eigenvalue weighted by Crippen LogP contribution is 2.21. The molecular formula is C19H19F3N6O3. The lowest BCUT2D eigenvalue weighted by Gasteiger charge is -2.11. The second-order valence-electron chi connectivity index (χ2n) is 6.89. The largest absolute Gasteiger partial charge is 0.468 e. The molecule has 0 aliphatic carbocycles. The van der Waals surface area contributed by atoms with Gasteiger partial charge in [-0.1, -0.05) is 0 Å². The molecule has 12 heteroatoms. The fourth-order valence-electron chi connectivity index (χ4n) is 2.79. The third-order valence-electron chi connectivity index (χ3n) is 4.27. The van der Waals surface area contributed by atoms with Crippen molar-refractivity contribution in [3.05, 3.63) is 47.5 Å². The SMILES string of the molecule is Cc1cc(Cn2cc3c(C(=O)N[C@@H](C)C(N)=O)nccc3n2)cnc1OCC(F)(F)F. The second kappa shape index (κ2) is 8.58. The van der Waals surface area contributed by atoms with Crippen LogP contribution in [0.25, 0.3) is 10.9 Å². The summed E-state index contributed by atoms with van der Waals surface area (Å²) in [5, 5.41) is 7.31. The average molecular weight is 436 g/mol. The van der Waals surface area contributed by atoms with Crippen LogP contribution in [0.5, 0.6) is 5.88 Å². The number of carbonyl (C=O) groups is 2. The third kappa shape index (κ3) is 5.47. The molecule has 0 fully saturated rings. The molecule has 164 valence electrons. The van der Waals surface area contributed by atoms with E-state index in [0.29, 0.717) is 22.0 Å². The number of aromatic nitrogens is 4. The van der Waals surface area contributed by atoms with Gasteiger partial charge in [-0.3, -0.25) is 19.3 Å². The zero-order valence-electron chi connectivity index (χ0n) is 16.6. The maximum Gasteiger partial charge on any atom is 0.422 e. The van der Waals surface area contributed by atoms with Gasteiger partial charge in [-0.05, 0) is 31.5 Å². The molecule has 31 heavy (non-hydrogen) atoms. The predicted octanol–water partition coefficient (Wildman–Crippen LogP) is 1.73. The summed E-state index contributed by atoms with van der Waals surface area (Å²) in [5.74, 6) is -1.35. The number of carbonyl (C=O) groups excluding carboxylic acids is 2. The predicted molar refractivity (Wildman–Crippen MR) is 103 cm³/mol. The number of halogens is 3. The Bertz CT molecular complexity index is 1130. The molecule has 1 atom stereocenters. The van der Waals surface area contributed by atoms with Crippen LogP contribution >= 0.6 is 0 Å². The molecule has 0 aliphatic rings. The Balaban J connectivity index is 1.79. The maximum absolute atomic E-state index is 12.4. The van der Waals surface area contributed by atoms with Crippen LogP contribution in [0.2, 0.25) is 0 Å². The number of amides is 2. The highest BCUT2D eigenvalue weighted by Gasteiger charge is 2.29. The van der Waals surface area contributed by atoms with E-state index in [1.165, 1.54) is 19.3 Å². The Hall–Kier alpha value is -3.70. The first kappa shape index (κ1) is 22.0. The van der Waals surface area contributed by atoms with Crippen LogP contribution < -0.4 is 15.8 Å². The van der Waals surface area contributed by atoms with Gasteiger partial charge in [-0.25, -0.2) is 4.98 Å². The van der Waals surface area contributed by atoms with E-state index in [1.807, 2.05) is 0 Å². The van der Waals surface area contributed by atoms with Crippen molar-refractivity contribution >= 4 is 22.7 Å². The molecule has 0 spiro atoms. The van der Waals surface area contributed by atoms with Crippen LogP contribution in [0.1, 0.15) is 28.5 Å². The first-order chi connectivity index (χ1) is 14.5. The highest BCUT2D eigenvalue weighted by atomic mass is 19.4. The molecule has 0 saturated carbocycles. The minimum absolute atomic E-state index is 0.0852. The molecule has 3 N–H and O–H groups in total. The number of aryl methyl sites for hydroxylation is 1. The van der Waals surface area contributed by atoms with E-state index >= 15 is 0 Å². The molecule has 0 unspecified atom stereocenters. The summed E-state index contributed by atoms with van der Waals surface area (Å²) in [6.07, 6.45) is -0.0295. The monoisotopic (exact) mass is 436 g/mol. The topological polar surface area (TPSA) is 125 Å². The van der Waals surface area contributed by atoms with Gasteiger partial charge in [-0.15, -0.1) is 0 Å². The molecule has 0 aromatic carbocycles. The van der Waals surface area contributed by atoms with E-state index in [0.717, 1.165) is 0 Å². The minimum Gasteiger partial charge on any atom is -0.468 e. The number of fused-ring (bicyclic) bond motifs is 1. The number of pyridine rings is 2. The summed E-state index contributed by atoms with van der Waals surface area (Å²) in [4.78, 5) is 31.6. The van der Waals surface area contributed by atoms with E-state index in [2.05, 4.69) is 20.4 Å². The highest BCUT2D eigenvalue weighted by molar-refractivity contribution is 6.05. The number of primary amides is 1. The molecule has 0 bridgehead atoms. The zero-order chi connectivity index (χ0) is 22.8. The number of nitrogens with one attached hydrogen (secondary N) is 1.